The van der Waals surface area contributed by atoms with Gasteiger partial charge in [-0.25, -0.2) is 0 Å². The summed E-state index contributed by atoms with van der Waals surface area (Å²) in [4.78, 5) is 2.39. The highest BCUT2D eigenvalue weighted by molar-refractivity contribution is 7.17. The highest BCUT2D eigenvalue weighted by atomic mass is 32.1. The molecular weight excluding hydrogens is 221 g/mol. The summed E-state index contributed by atoms with van der Waals surface area (Å²) in [6.45, 7) is 2.22. The molecule has 3 heteroatoms. The molecule has 1 aromatic heterocycles. The molecule has 0 unspecified atom stereocenters. The Balaban J connectivity index is 2.07. The fraction of sp³-hybridized carbons (Fsp3) is 0.385. The third kappa shape index (κ3) is 1.69. The molecule has 1 aliphatic rings. The van der Waals surface area contributed by atoms with Crippen molar-refractivity contribution >= 4 is 27.1 Å². The van der Waals surface area contributed by atoms with Crippen LogP contribution in [0.2, 0.25) is 0 Å². The van der Waals surface area contributed by atoms with Crippen LogP contribution in [0.5, 0.6) is 0 Å². The van der Waals surface area contributed by atoms with Gasteiger partial charge in [-0.2, -0.15) is 4.39 Å². The molecule has 0 N–H and O–H groups in total. The summed E-state index contributed by atoms with van der Waals surface area (Å²) in [6.07, 6.45) is 3.83. The fourth-order valence-corrected chi connectivity index (χ4v) is 3.23. The first-order valence-corrected chi connectivity index (χ1v) is 6.59. The standard InChI is InChI=1S/C13H14FNS/c14-13-9-10-11(5-4-6-12(10)16-13)15-7-2-1-3-8-15/h4-6,9H,1-3,7-8H2. The predicted octanol–water partition coefficient (Wildman–Crippen LogP) is 4.03. The van der Waals surface area contributed by atoms with Crippen molar-refractivity contribution in [3.63, 3.8) is 0 Å². The first-order valence-electron chi connectivity index (χ1n) is 5.77. The van der Waals surface area contributed by atoms with Gasteiger partial charge in [0.2, 0.25) is 0 Å². The Morgan fingerprint density at radius 1 is 1.12 bits per heavy atom. The molecule has 0 bridgehead atoms. The Kier molecular flexibility index (Phi) is 2.56. The van der Waals surface area contributed by atoms with Crippen molar-refractivity contribution in [2.75, 3.05) is 18.0 Å². The first-order chi connectivity index (χ1) is 7.84. The number of piperidine rings is 1. The van der Waals surface area contributed by atoms with Crippen LogP contribution in [0.1, 0.15) is 19.3 Å². The number of anilines is 1. The van der Waals surface area contributed by atoms with E-state index < -0.39 is 0 Å². The van der Waals surface area contributed by atoms with Crippen molar-refractivity contribution in [1.82, 2.24) is 0 Å². The van der Waals surface area contributed by atoms with Gasteiger partial charge in [0.05, 0.1) is 0 Å². The smallest absolute Gasteiger partial charge is 0.177 e. The summed E-state index contributed by atoms with van der Waals surface area (Å²) in [5, 5.41) is 0.992. The molecule has 2 heterocycles. The number of hydrogen-bond acceptors (Lipinski definition) is 2. The number of rotatable bonds is 1. The highest BCUT2D eigenvalue weighted by Gasteiger charge is 2.14. The Hall–Kier alpha value is -1.09. The van der Waals surface area contributed by atoms with Crippen molar-refractivity contribution in [2.45, 2.75) is 19.3 Å². The SMILES string of the molecule is Fc1cc2c(N3CCCCC3)cccc2s1. The molecule has 0 amide bonds. The second kappa shape index (κ2) is 4.06. The molecule has 16 heavy (non-hydrogen) atoms. The van der Waals surface area contributed by atoms with Gasteiger partial charge in [0.1, 0.15) is 0 Å². The lowest BCUT2D eigenvalue weighted by Crippen LogP contribution is -2.29. The predicted molar refractivity (Wildman–Crippen MR) is 67.8 cm³/mol. The van der Waals surface area contributed by atoms with Crippen molar-refractivity contribution < 1.29 is 4.39 Å². The number of halogens is 1. The minimum atomic E-state index is -0.0838. The normalized spacial score (nSPS) is 16.9. The van der Waals surface area contributed by atoms with Crippen molar-refractivity contribution in [3.05, 3.63) is 29.4 Å². The van der Waals surface area contributed by atoms with Crippen molar-refractivity contribution in [1.29, 1.82) is 0 Å². The van der Waals surface area contributed by atoms with Gasteiger partial charge in [-0.15, -0.1) is 11.3 Å². The maximum atomic E-state index is 13.3. The molecule has 0 saturated carbocycles. The van der Waals surface area contributed by atoms with Gasteiger partial charge in [-0.05, 0) is 37.5 Å². The van der Waals surface area contributed by atoms with Crippen LogP contribution in [0.3, 0.4) is 0 Å². The van der Waals surface area contributed by atoms with E-state index >= 15 is 0 Å². The number of fused-ring (bicyclic) bond motifs is 1. The molecule has 3 rings (SSSR count). The van der Waals surface area contributed by atoms with Crippen LogP contribution in [-0.2, 0) is 0 Å². The molecular formula is C13H14FNS. The number of nitrogens with zero attached hydrogens (tertiary/aromatic N) is 1. The van der Waals surface area contributed by atoms with Gasteiger partial charge in [-0.3, -0.25) is 0 Å². The second-order valence-corrected chi connectivity index (χ2v) is 5.32. The second-order valence-electron chi connectivity index (χ2n) is 4.29. The Morgan fingerprint density at radius 3 is 2.75 bits per heavy atom. The maximum absolute atomic E-state index is 13.3. The van der Waals surface area contributed by atoms with Gasteiger partial charge >= 0.3 is 0 Å². The first kappa shape index (κ1) is 10.1. The van der Waals surface area contributed by atoms with Crippen LogP contribution < -0.4 is 4.90 Å². The number of thiophene rings is 1. The summed E-state index contributed by atoms with van der Waals surface area (Å²) in [6, 6.07) is 7.81. The lowest BCUT2D eigenvalue weighted by Gasteiger charge is -2.29. The molecule has 0 spiro atoms. The van der Waals surface area contributed by atoms with Gasteiger partial charge in [0.25, 0.3) is 0 Å². The lowest BCUT2D eigenvalue weighted by molar-refractivity contribution is 0.579. The van der Waals surface area contributed by atoms with E-state index in [9.17, 15) is 4.39 Å². The van der Waals surface area contributed by atoms with E-state index in [2.05, 4.69) is 11.0 Å². The molecule has 1 fully saturated rings. The van der Waals surface area contributed by atoms with Gasteiger partial charge in [0.15, 0.2) is 5.13 Å². The van der Waals surface area contributed by atoms with Gasteiger partial charge in [-0.1, -0.05) is 6.07 Å². The summed E-state index contributed by atoms with van der Waals surface area (Å²) >= 11 is 1.24. The van der Waals surface area contributed by atoms with Crippen LogP contribution in [-0.4, -0.2) is 13.1 Å². The minimum Gasteiger partial charge on any atom is -0.371 e. The number of benzene rings is 1. The zero-order valence-electron chi connectivity index (χ0n) is 9.08. The summed E-state index contributed by atoms with van der Waals surface area (Å²) in [7, 11) is 0. The number of hydrogen-bond donors (Lipinski definition) is 0. The van der Waals surface area contributed by atoms with Crippen LogP contribution in [0.15, 0.2) is 24.3 Å². The quantitative estimate of drug-likeness (QED) is 0.721. The average Bonchev–Trinajstić information content (AvgIpc) is 2.70. The van der Waals surface area contributed by atoms with E-state index in [0.717, 1.165) is 23.2 Å². The zero-order chi connectivity index (χ0) is 11.0. The van der Waals surface area contributed by atoms with E-state index in [4.69, 9.17) is 0 Å². The third-order valence-corrected chi connectivity index (χ3v) is 4.09. The van der Waals surface area contributed by atoms with Crippen LogP contribution in [0, 0.1) is 5.13 Å². The molecule has 1 saturated heterocycles. The van der Waals surface area contributed by atoms with Crippen molar-refractivity contribution in [2.24, 2.45) is 0 Å². The van der Waals surface area contributed by atoms with Crippen molar-refractivity contribution in [3.8, 4) is 0 Å². The summed E-state index contributed by atoms with van der Waals surface area (Å²) in [5.74, 6) is 0. The molecule has 0 radical (unpaired) electrons. The average molecular weight is 235 g/mol. The Labute approximate surface area is 98.5 Å². The highest BCUT2D eigenvalue weighted by Crippen LogP contribution is 2.33. The molecule has 84 valence electrons. The van der Waals surface area contributed by atoms with Gasteiger partial charge in [0, 0.05) is 28.9 Å². The molecule has 1 aromatic carbocycles. The van der Waals surface area contributed by atoms with E-state index in [1.807, 2.05) is 12.1 Å². The largest absolute Gasteiger partial charge is 0.371 e. The molecule has 0 aliphatic carbocycles. The summed E-state index contributed by atoms with van der Waals surface area (Å²) < 4.78 is 14.3. The van der Waals surface area contributed by atoms with Gasteiger partial charge < -0.3 is 4.90 Å². The van der Waals surface area contributed by atoms with E-state index in [1.165, 1.54) is 36.3 Å². The minimum absolute atomic E-state index is 0.0838. The summed E-state index contributed by atoms with van der Waals surface area (Å²) in [5.41, 5.74) is 1.21. The van der Waals surface area contributed by atoms with E-state index in [-0.39, 0.29) is 5.13 Å². The molecule has 1 aliphatic heterocycles. The van der Waals surface area contributed by atoms with Crippen LogP contribution >= 0.6 is 11.3 Å². The molecule has 0 atom stereocenters. The van der Waals surface area contributed by atoms with E-state index in [1.54, 1.807) is 6.07 Å². The van der Waals surface area contributed by atoms with Crippen LogP contribution in [0.4, 0.5) is 10.1 Å². The zero-order valence-corrected chi connectivity index (χ0v) is 9.89. The Bertz CT molecular complexity index is 500. The van der Waals surface area contributed by atoms with Crippen LogP contribution in [0.25, 0.3) is 10.1 Å². The lowest BCUT2D eigenvalue weighted by atomic mass is 10.1. The maximum Gasteiger partial charge on any atom is 0.177 e. The fourth-order valence-electron chi connectivity index (χ4n) is 2.43. The Morgan fingerprint density at radius 2 is 1.94 bits per heavy atom. The molecule has 1 nitrogen and oxygen atoms in total. The monoisotopic (exact) mass is 235 g/mol. The topological polar surface area (TPSA) is 3.24 Å². The molecule has 2 aromatic rings. The third-order valence-electron chi connectivity index (χ3n) is 3.21. The van der Waals surface area contributed by atoms with E-state index in [0.29, 0.717) is 0 Å².